The van der Waals surface area contributed by atoms with Crippen molar-refractivity contribution in [1.82, 2.24) is 9.97 Å². The topological polar surface area (TPSA) is 54.9 Å². The fourth-order valence-corrected chi connectivity index (χ4v) is 1.73. The average molecular weight is 282 g/mol. The van der Waals surface area contributed by atoms with Gasteiger partial charge in [0.15, 0.2) is 0 Å². The Kier molecular flexibility index (Phi) is 3.79. The maximum absolute atomic E-state index is 12.0. The van der Waals surface area contributed by atoms with Crippen LogP contribution in [-0.4, -0.2) is 15.9 Å². The van der Waals surface area contributed by atoms with E-state index in [1.807, 2.05) is 13.0 Å². The lowest BCUT2D eigenvalue weighted by molar-refractivity contribution is 0.102. The standard InChI is InChI=1S/C12H9Cl2N3O/c1-7-3-2-4-15-11(7)17-12(18)8-5-10(14)16-6-9(8)13/h2-6H,1H3,(H,15,17,18). The number of aromatic nitrogens is 2. The molecular weight excluding hydrogens is 273 g/mol. The molecule has 2 rings (SSSR count). The van der Waals surface area contributed by atoms with E-state index in [4.69, 9.17) is 23.2 Å². The molecule has 2 heterocycles. The third-order valence-electron chi connectivity index (χ3n) is 2.31. The molecule has 1 N–H and O–H groups in total. The van der Waals surface area contributed by atoms with E-state index in [0.29, 0.717) is 5.82 Å². The van der Waals surface area contributed by atoms with Crippen LogP contribution in [0, 0.1) is 6.92 Å². The van der Waals surface area contributed by atoms with Crippen LogP contribution in [0.3, 0.4) is 0 Å². The molecule has 2 aromatic rings. The van der Waals surface area contributed by atoms with E-state index in [0.717, 1.165) is 5.56 Å². The Morgan fingerprint density at radius 1 is 1.33 bits per heavy atom. The number of halogens is 2. The van der Waals surface area contributed by atoms with Crippen molar-refractivity contribution in [3.05, 3.63) is 51.9 Å². The fraction of sp³-hybridized carbons (Fsp3) is 0.0833. The molecule has 92 valence electrons. The molecule has 0 unspecified atom stereocenters. The summed E-state index contributed by atoms with van der Waals surface area (Å²) in [5.41, 5.74) is 1.13. The van der Waals surface area contributed by atoms with Gasteiger partial charge in [-0.3, -0.25) is 4.79 Å². The maximum atomic E-state index is 12.0. The Morgan fingerprint density at radius 2 is 2.11 bits per heavy atom. The van der Waals surface area contributed by atoms with Crippen LogP contribution in [0.25, 0.3) is 0 Å². The predicted octanol–water partition coefficient (Wildman–Crippen LogP) is 3.34. The lowest BCUT2D eigenvalue weighted by atomic mass is 10.2. The number of pyridine rings is 2. The molecule has 4 nitrogen and oxygen atoms in total. The zero-order valence-corrected chi connectivity index (χ0v) is 11.0. The number of rotatable bonds is 2. The van der Waals surface area contributed by atoms with E-state index in [2.05, 4.69) is 15.3 Å². The molecule has 6 heteroatoms. The zero-order valence-electron chi connectivity index (χ0n) is 9.45. The first-order chi connectivity index (χ1) is 8.58. The molecule has 0 aliphatic carbocycles. The highest BCUT2D eigenvalue weighted by atomic mass is 35.5. The van der Waals surface area contributed by atoms with E-state index in [1.54, 1.807) is 12.3 Å². The average Bonchev–Trinajstić information content (AvgIpc) is 2.35. The number of carbonyl (C=O) groups excluding carboxylic acids is 1. The van der Waals surface area contributed by atoms with Gasteiger partial charge >= 0.3 is 0 Å². The summed E-state index contributed by atoms with van der Waals surface area (Å²) >= 11 is 11.6. The molecule has 0 radical (unpaired) electrons. The lowest BCUT2D eigenvalue weighted by Gasteiger charge is -2.08. The number of nitrogens with one attached hydrogen (secondary N) is 1. The Morgan fingerprint density at radius 3 is 2.83 bits per heavy atom. The SMILES string of the molecule is Cc1cccnc1NC(=O)c1cc(Cl)ncc1Cl. The summed E-state index contributed by atoms with van der Waals surface area (Å²) < 4.78 is 0. The number of aryl methyl sites for hydroxylation is 1. The molecule has 0 saturated carbocycles. The summed E-state index contributed by atoms with van der Waals surface area (Å²) in [5.74, 6) is 0.123. The zero-order chi connectivity index (χ0) is 13.1. The Labute approximate surface area is 114 Å². The van der Waals surface area contributed by atoms with Gasteiger partial charge in [-0.25, -0.2) is 9.97 Å². The van der Waals surface area contributed by atoms with Crippen LogP contribution in [0.15, 0.2) is 30.6 Å². The number of hydrogen-bond donors (Lipinski definition) is 1. The number of hydrogen-bond acceptors (Lipinski definition) is 3. The number of anilines is 1. The van der Waals surface area contributed by atoms with E-state index in [-0.39, 0.29) is 21.6 Å². The van der Waals surface area contributed by atoms with Gasteiger partial charge in [-0.05, 0) is 24.6 Å². The van der Waals surface area contributed by atoms with Crippen LogP contribution in [0.2, 0.25) is 10.2 Å². The molecule has 0 aliphatic rings. The summed E-state index contributed by atoms with van der Waals surface area (Å²) in [7, 11) is 0. The molecule has 0 aliphatic heterocycles. The number of amides is 1. The summed E-state index contributed by atoms with van der Waals surface area (Å²) in [6.07, 6.45) is 2.94. The Bertz CT molecular complexity index is 602. The van der Waals surface area contributed by atoms with Crippen LogP contribution in [-0.2, 0) is 0 Å². The minimum absolute atomic E-state index is 0.210. The van der Waals surface area contributed by atoms with Gasteiger partial charge in [0.2, 0.25) is 0 Å². The molecule has 0 spiro atoms. The molecule has 0 saturated heterocycles. The first-order valence-corrected chi connectivity index (χ1v) is 5.87. The summed E-state index contributed by atoms with van der Waals surface area (Å²) in [6, 6.07) is 5.06. The quantitative estimate of drug-likeness (QED) is 0.859. The van der Waals surface area contributed by atoms with E-state index in [1.165, 1.54) is 12.3 Å². The minimum atomic E-state index is -0.369. The van der Waals surface area contributed by atoms with Crippen molar-refractivity contribution in [1.29, 1.82) is 0 Å². The van der Waals surface area contributed by atoms with Crippen LogP contribution < -0.4 is 5.32 Å². The monoisotopic (exact) mass is 281 g/mol. The largest absolute Gasteiger partial charge is 0.306 e. The molecular formula is C12H9Cl2N3O. The first-order valence-electron chi connectivity index (χ1n) is 5.12. The van der Waals surface area contributed by atoms with Crippen LogP contribution in [0.4, 0.5) is 5.82 Å². The number of nitrogens with zero attached hydrogens (tertiary/aromatic N) is 2. The Balaban J connectivity index is 2.28. The van der Waals surface area contributed by atoms with Gasteiger partial charge in [0.05, 0.1) is 10.6 Å². The van der Waals surface area contributed by atoms with Crippen molar-refractivity contribution < 1.29 is 4.79 Å². The molecule has 0 bridgehead atoms. The maximum Gasteiger partial charge on any atom is 0.258 e. The van der Waals surface area contributed by atoms with Crippen LogP contribution in [0.1, 0.15) is 15.9 Å². The highest BCUT2D eigenvalue weighted by molar-refractivity contribution is 6.35. The smallest absolute Gasteiger partial charge is 0.258 e. The van der Waals surface area contributed by atoms with Gasteiger partial charge in [-0.15, -0.1) is 0 Å². The third kappa shape index (κ3) is 2.78. The summed E-state index contributed by atoms with van der Waals surface area (Å²) in [4.78, 5) is 19.9. The van der Waals surface area contributed by atoms with E-state index < -0.39 is 0 Å². The summed E-state index contributed by atoms with van der Waals surface area (Å²) in [6.45, 7) is 1.85. The van der Waals surface area contributed by atoms with Gasteiger partial charge in [0.1, 0.15) is 11.0 Å². The first kappa shape index (κ1) is 12.8. The molecule has 0 aromatic carbocycles. The van der Waals surface area contributed by atoms with Gasteiger partial charge < -0.3 is 5.32 Å². The minimum Gasteiger partial charge on any atom is -0.306 e. The van der Waals surface area contributed by atoms with Crippen molar-refractivity contribution in [2.75, 3.05) is 5.32 Å². The highest BCUT2D eigenvalue weighted by Crippen LogP contribution is 2.20. The molecule has 18 heavy (non-hydrogen) atoms. The van der Waals surface area contributed by atoms with E-state index in [9.17, 15) is 4.79 Å². The molecule has 2 aromatic heterocycles. The summed E-state index contributed by atoms with van der Waals surface area (Å²) in [5, 5.41) is 3.13. The van der Waals surface area contributed by atoms with Crippen LogP contribution >= 0.6 is 23.2 Å². The van der Waals surface area contributed by atoms with Crippen molar-refractivity contribution in [2.24, 2.45) is 0 Å². The number of carbonyl (C=O) groups is 1. The van der Waals surface area contributed by atoms with Crippen LogP contribution in [0.5, 0.6) is 0 Å². The van der Waals surface area contributed by atoms with Crippen molar-refractivity contribution in [3.63, 3.8) is 0 Å². The normalized spacial score (nSPS) is 10.2. The second kappa shape index (κ2) is 5.33. The fourth-order valence-electron chi connectivity index (χ4n) is 1.38. The predicted molar refractivity (Wildman–Crippen MR) is 71.2 cm³/mol. The van der Waals surface area contributed by atoms with E-state index >= 15 is 0 Å². The van der Waals surface area contributed by atoms with Crippen molar-refractivity contribution in [2.45, 2.75) is 6.92 Å². The Hall–Kier alpha value is -1.65. The second-order valence-corrected chi connectivity index (χ2v) is 4.40. The molecule has 0 atom stereocenters. The van der Waals surface area contributed by atoms with Gasteiger partial charge in [0.25, 0.3) is 5.91 Å². The lowest BCUT2D eigenvalue weighted by Crippen LogP contribution is -2.14. The van der Waals surface area contributed by atoms with Gasteiger partial charge in [-0.1, -0.05) is 29.3 Å². The van der Waals surface area contributed by atoms with Gasteiger partial charge in [0, 0.05) is 12.4 Å². The third-order valence-corrected chi connectivity index (χ3v) is 2.82. The van der Waals surface area contributed by atoms with Gasteiger partial charge in [-0.2, -0.15) is 0 Å². The van der Waals surface area contributed by atoms with Crippen molar-refractivity contribution in [3.8, 4) is 0 Å². The second-order valence-electron chi connectivity index (χ2n) is 3.61. The highest BCUT2D eigenvalue weighted by Gasteiger charge is 2.13. The van der Waals surface area contributed by atoms with Crippen molar-refractivity contribution >= 4 is 34.9 Å². The molecule has 1 amide bonds. The molecule has 0 fully saturated rings.